The number of carbonyl (C=O) groups excluding carboxylic acids is 1. The molecule has 100 valence electrons. The van der Waals surface area contributed by atoms with E-state index in [-0.39, 0.29) is 11.2 Å². The van der Waals surface area contributed by atoms with E-state index in [1.165, 1.54) is 6.26 Å². The van der Waals surface area contributed by atoms with Gasteiger partial charge in [-0.2, -0.15) is 11.8 Å². The zero-order valence-electron chi connectivity index (χ0n) is 10.5. The summed E-state index contributed by atoms with van der Waals surface area (Å²) in [6.45, 7) is 3.21. The van der Waals surface area contributed by atoms with E-state index < -0.39 is 9.84 Å². The second kappa shape index (κ2) is 6.75. The molecule has 0 N–H and O–H groups in total. The second-order valence-electron chi connectivity index (χ2n) is 4.55. The Kier molecular flexibility index (Phi) is 5.95. The Morgan fingerprint density at radius 1 is 1.41 bits per heavy atom. The molecule has 1 fully saturated rings. The first-order valence-electron chi connectivity index (χ1n) is 5.91. The molecule has 1 atom stereocenters. The third-order valence-electron chi connectivity index (χ3n) is 2.91. The van der Waals surface area contributed by atoms with E-state index in [0.717, 1.165) is 31.7 Å². The summed E-state index contributed by atoms with van der Waals surface area (Å²) in [5, 5.41) is -0.335. The van der Waals surface area contributed by atoms with Gasteiger partial charge >= 0.3 is 0 Å². The number of hydrogen-bond acceptors (Lipinski definition) is 5. The number of rotatable bonds is 6. The summed E-state index contributed by atoms with van der Waals surface area (Å²) in [7, 11) is -2.99. The second-order valence-corrected chi connectivity index (χ2v) is 7.91. The Balaban J connectivity index is 2.41. The molecule has 0 amide bonds. The molecule has 0 aromatic carbocycles. The quantitative estimate of drug-likeness (QED) is 0.683. The number of sulfone groups is 1. The van der Waals surface area contributed by atoms with Crippen LogP contribution in [0.3, 0.4) is 0 Å². The van der Waals surface area contributed by atoms with E-state index >= 15 is 0 Å². The lowest BCUT2D eigenvalue weighted by molar-refractivity contribution is -0.117. The molecule has 1 rings (SSSR count). The Bertz CT molecular complexity index is 354. The van der Waals surface area contributed by atoms with Gasteiger partial charge in [0, 0.05) is 30.7 Å². The van der Waals surface area contributed by atoms with Crippen LogP contribution in [0, 0.1) is 0 Å². The van der Waals surface area contributed by atoms with Crippen molar-refractivity contribution in [3.63, 3.8) is 0 Å². The van der Waals surface area contributed by atoms with Gasteiger partial charge in [-0.1, -0.05) is 0 Å². The maximum Gasteiger partial charge on any atom is 0.164 e. The molecule has 17 heavy (non-hydrogen) atoms. The number of Topliss-reactive ketones (excluding diaryl/α,β-unsaturated/α-hetero) is 1. The molecule has 0 aliphatic carbocycles. The van der Waals surface area contributed by atoms with Crippen molar-refractivity contribution in [1.82, 2.24) is 4.90 Å². The molecular formula is C11H21NO3S2. The molecule has 4 nitrogen and oxygen atoms in total. The molecular weight excluding hydrogens is 258 g/mol. The third-order valence-corrected chi connectivity index (χ3v) is 5.60. The molecule has 1 heterocycles. The zero-order chi connectivity index (χ0) is 12.9. The Morgan fingerprint density at radius 2 is 2.12 bits per heavy atom. The maximum atomic E-state index is 11.6. The summed E-state index contributed by atoms with van der Waals surface area (Å²) < 4.78 is 23.3. The molecule has 0 saturated carbocycles. The molecule has 1 unspecified atom stereocenters. The van der Waals surface area contributed by atoms with E-state index in [9.17, 15) is 13.2 Å². The van der Waals surface area contributed by atoms with Gasteiger partial charge in [-0.3, -0.25) is 4.90 Å². The third kappa shape index (κ3) is 5.40. The van der Waals surface area contributed by atoms with Crippen LogP contribution in [0.4, 0.5) is 0 Å². The highest BCUT2D eigenvalue weighted by Gasteiger charge is 2.30. The van der Waals surface area contributed by atoms with Crippen LogP contribution in [0.1, 0.15) is 26.2 Å². The topological polar surface area (TPSA) is 54.5 Å². The van der Waals surface area contributed by atoms with E-state index in [1.54, 1.807) is 18.7 Å². The largest absolute Gasteiger partial charge is 0.300 e. The molecule has 1 aliphatic rings. The minimum Gasteiger partial charge on any atom is -0.300 e. The number of nitrogens with zero attached hydrogens (tertiary/aromatic N) is 1. The Morgan fingerprint density at radius 3 is 2.71 bits per heavy atom. The van der Waals surface area contributed by atoms with Crippen LogP contribution in [-0.2, 0) is 14.6 Å². The molecule has 0 radical (unpaired) electrons. The van der Waals surface area contributed by atoms with Gasteiger partial charge in [-0.25, -0.2) is 8.42 Å². The van der Waals surface area contributed by atoms with Crippen LogP contribution in [-0.4, -0.2) is 55.3 Å². The number of carbonyl (C=O) groups is 1. The molecule has 1 aliphatic heterocycles. The van der Waals surface area contributed by atoms with Gasteiger partial charge in [0.1, 0.15) is 11.2 Å². The lowest BCUT2D eigenvalue weighted by atomic mass is 10.2. The first-order valence-corrected chi connectivity index (χ1v) is 9.02. The van der Waals surface area contributed by atoms with Crippen molar-refractivity contribution in [2.45, 2.75) is 31.6 Å². The van der Waals surface area contributed by atoms with Gasteiger partial charge in [0.25, 0.3) is 0 Å². The summed E-state index contributed by atoms with van der Waals surface area (Å²) >= 11 is 1.70. The van der Waals surface area contributed by atoms with Crippen molar-refractivity contribution in [2.24, 2.45) is 0 Å². The van der Waals surface area contributed by atoms with Crippen LogP contribution < -0.4 is 0 Å². The fraction of sp³-hybridized carbons (Fsp3) is 0.909. The number of unbranched alkanes of at least 4 members (excludes halogenated alkanes) is 1. The molecule has 0 aromatic rings. The fourth-order valence-corrected chi connectivity index (χ4v) is 4.93. The monoisotopic (exact) mass is 279 g/mol. The molecule has 0 spiro atoms. The fourth-order valence-electron chi connectivity index (χ4n) is 1.95. The number of hydrogen-bond donors (Lipinski definition) is 0. The van der Waals surface area contributed by atoms with E-state index in [0.29, 0.717) is 12.2 Å². The zero-order valence-corrected chi connectivity index (χ0v) is 12.1. The summed E-state index contributed by atoms with van der Waals surface area (Å²) in [6.07, 6.45) is 3.67. The highest BCUT2D eigenvalue weighted by molar-refractivity contribution is 8.00. The van der Waals surface area contributed by atoms with Crippen molar-refractivity contribution < 1.29 is 13.2 Å². The minimum atomic E-state index is -2.99. The maximum absolute atomic E-state index is 11.6. The van der Waals surface area contributed by atoms with Gasteiger partial charge in [-0.05, 0) is 26.3 Å². The van der Waals surface area contributed by atoms with E-state index in [1.807, 2.05) is 4.90 Å². The Hall–Kier alpha value is -0.0700. The minimum absolute atomic E-state index is 0.207. The average Bonchev–Trinajstić information content (AvgIpc) is 2.23. The molecule has 0 aromatic heterocycles. The van der Waals surface area contributed by atoms with Gasteiger partial charge in [0.2, 0.25) is 0 Å². The van der Waals surface area contributed by atoms with Crippen molar-refractivity contribution >= 4 is 27.4 Å². The Labute approximate surface area is 108 Å². The summed E-state index contributed by atoms with van der Waals surface area (Å²) in [5.74, 6) is 1.88. The predicted octanol–water partition coefficient (Wildman–Crippen LogP) is 1.17. The van der Waals surface area contributed by atoms with Crippen LogP contribution in [0.25, 0.3) is 0 Å². The van der Waals surface area contributed by atoms with Gasteiger partial charge in [0.15, 0.2) is 9.84 Å². The normalized spacial score (nSPS) is 22.6. The standard InChI is InChI=1S/C11H21NO3S2/c1-10(13)5-3-4-6-12-7-8-16-9-11(12)17(2,14)15/h11H,3-9H2,1-2H3. The van der Waals surface area contributed by atoms with Crippen molar-refractivity contribution in [3.05, 3.63) is 0 Å². The highest BCUT2D eigenvalue weighted by Crippen LogP contribution is 2.20. The van der Waals surface area contributed by atoms with Crippen molar-refractivity contribution in [2.75, 3.05) is 30.9 Å². The summed E-state index contributed by atoms with van der Waals surface area (Å²) in [6, 6.07) is 0. The van der Waals surface area contributed by atoms with Crippen molar-refractivity contribution in [1.29, 1.82) is 0 Å². The summed E-state index contributed by atoms with van der Waals surface area (Å²) in [5.41, 5.74) is 0. The molecule has 0 bridgehead atoms. The van der Waals surface area contributed by atoms with Crippen molar-refractivity contribution in [3.8, 4) is 0 Å². The lowest BCUT2D eigenvalue weighted by Gasteiger charge is -2.33. The van der Waals surface area contributed by atoms with E-state index in [4.69, 9.17) is 0 Å². The number of ketones is 1. The van der Waals surface area contributed by atoms with Crippen LogP contribution in [0.5, 0.6) is 0 Å². The number of thioether (sulfide) groups is 1. The first kappa shape index (κ1) is 15.0. The SMILES string of the molecule is CC(=O)CCCCN1CCSCC1S(C)(=O)=O. The van der Waals surface area contributed by atoms with Crippen LogP contribution in [0.15, 0.2) is 0 Å². The van der Waals surface area contributed by atoms with Gasteiger partial charge < -0.3 is 4.79 Å². The summed E-state index contributed by atoms with van der Waals surface area (Å²) in [4.78, 5) is 12.9. The molecule has 6 heteroatoms. The predicted molar refractivity (Wildman–Crippen MR) is 72.1 cm³/mol. The van der Waals surface area contributed by atoms with Gasteiger partial charge in [0.05, 0.1) is 0 Å². The van der Waals surface area contributed by atoms with E-state index in [2.05, 4.69) is 0 Å². The average molecular weight is 279 g/mol. The van der Waals surface area contributed by atoms with Crippen LogP contribution >= 0.6 is 11.8 Å². The highest BCUT2D eigenvalue weighted by atomic mass is 32.2. The van der Waals surface area contributed by atoms with Gasteiger partial charge in [-0.15, -0.1) is 0 Å². The first-order chi connectivity index (χ1) is 7.91. The lowest BCUT2D eigenvalue weighted by Crippen LogP contribution is -2.47. The smallest absolute Gasteiger partial charge is 0.164 e. The molecule has 1 saturated heterocycles. The van der Waals surface area contributed by atoms with Crippen LogP contribution in [0.2, 0.25) is 0 Å².